The number of carbonyl (C=O) groups excluding carboxylic acids is 1. The third kappa shape index (κ3) is 3.58. The van der Waals surface area contributed by atoms with Crippen LogP contribution in [0, 0.1) is 6.92 Å². The van der Waals surface area contributed by atoms with Gasteiger partial charge in [-0.25, -0.2) is 0 Å². The lowest BCUT2D eigenvalue weighted by atomic mass is 10.2. The van der Waals surface area contributed by atoms with E-state index in [2.05, 4.69) is 10.2 Å². The van der Waals surface area contributed by atoms with Gasteiger partial charge in [-0.05, 0) is 26.8 Å². The largest absolute Gasteiger partial charge is 0.481 e. The highest BCUT2D eigenvalue weighted by Crippen LogP contribution is 2.08. The zero-order valence-electron chi connectivity index (χ0n) is 10.2. The van der Waals surface area contributed by atoms with Gasteiger partial charge < -0.3 is 10.0 Å². The molecule has 2 N–H and O–H groups in total. The Balaban J connectivity index is 2.77. The van der Waals surface area contributed by atoms with E-state index in [-0.39, 0.29) is 24.9 Å². The second kappa shape index (κ2) is 5.47. The van der Waals surface area contributed by atoms with Gasteiger partial charge in [-0.1, -0.05) is 0 Å². The zero-order valence-corrected chi connectivity index (χ0v) is 10.2. The van der Waals surface area contributed by atoms with Gasteiger partial charge >= 0.3 is 5.97 Å². The van der Waals surface area contributed by atoms with Crippen molar-refractivity contribution in [1.29, 1.82) is 0 Å². The molecule has 0 fully saturated rings. The fourth-order valence-corrected chi connectivity index (χ4v) is 1.49. The number of carboxylic acids is 1. The van der Waals surface area contributed by atoms with Crippen LogP contribution >= 0.6 is 0 Å². The smallest absolute Gasteiger partial charge is 0.305 e. The van der Waals surface area contributed by atoms with Gasteiger partial charge in [-0.3, -0.25) is 14.7 Å². The summed E-state index contributed by atoms with van der Waals surface area (Å²) >= 11 is 0. The summed E-state index contributed by atoms with van der Waals surface area (Å²) in [5.74, 6) is -1.16. The molecule has 0 aliphatic rings. The van der Waals surface area contributed by atoms with Gasteiger partial charge in [-0.2, -0.15) is 5.10 Å². The molecule has 0 aliphatic carbocycles. The summed E-state index contributed by atoms with van der Waals surface area (Å²) in [6, 6.07) is 1.59. The molecule has 0 aliphatic heterocycles. The first-order valence-corrected chi connectivity index (χ1v) is 5.46. The first-order valence-electron chi connectivity index (χ1n) is 5.46. The average molecular weight is 239 g/mol. The number of aryl methyl sites for hydroxylation is 1. The Hall–Kier alpha value is -1.85. The maximum atomic E-state index is 12.1. The van der Waals surface area contributed by atoms with Crippen molar-refractivity contribution < 1.29 is 14.7 Å². The van der Waals surface area contributed by atoms with Crippen molar-refractivity contribution in [2.45, 2.75) is 33.2 Å². The van der Waals surface area contributed by atoms with Crippen molar-refractivity contribution >= 4 is 11.9 Å². The molecule has 0 bridgehead atoms. The Morgan fingerprint density at radius 2 is 2.18 bits per heavy atom. The molecule has 6 nitrogen and oxygen atoms in total. The number of aromatic amines is 1. The van der Waals surface area contributed by atoms with Crippen molar-refractivity contribution in [3.05, 3.63) is 17.5 Å². The molecule has 1 rings (SSSR count). The Kier molecular flexibility index (Phi) is 4.25. The van der Waals surface area contributed by atoms with Crippen molar-refractivity contribution in [2.75, 3.05) is 6.54 Å². The molecular formula is C11H17N3O3. The number of carboxylic acid groups (broad SMARTS) is 1. The van der Waals surface area contributed by atoms with Crippen molar-refractivity contribution in [3.63, 3.8) is 0 Å². The van der Waals surface area contributed by atoms with Crippen LogP contribution in [0.25, 0.3) is 0 Å². The topological polar surface area (TPSA) is 86.3 Å². The van der Waals surface area contributed by atoms with Crippen LogP contribution in [0.5, 0.6) is 0 Å². The summed E-state index contributed by atoms with van der Waals surface area (Å²) in [7, 11) is 0. The minimum atomic E-state index is -0.915. The Bertz CT molecular complexity index is 412. The number of H-pyrrole nitrogens is 1. The standard InChI is InChI=1S/C11H17N3O3/c1-7(2)14(5-4-10(15)16)11(17)9-6-8(3)12-13-9/h6-7H,4-5H2,1-3H3,(H,12,13)(H,15,16). The summed E-state index contributed by atoms with van der Waals surface area (Å²) < 4.78 is 0. The second-order valence-electron chi connectivity index (χ2n) is 4.17. The SMILES string of the molecule is Cc1cc(C(=O)N(CCC(=O)O)C(C)C)n[nH]1. The lowest BCUT2D eigenvalue weighted by molar-refractivity contribution is -0.137. The number of amides is 1. The average Bonchev–Trinajstić information content (AvgIpc) is 2.63. The van der Waals surface area contributed by atoms with E-state index < -0.39 is 5.97 Å². The van der Waals surface area contributed by atoms with E-state index in [1.165, 1.54) is 4.90 Å². The quantitative estimate of drug-likeness (QED) is 0.803. The van der Waals surface area contributed by atoms with E-state index >= 15 is 0 Å². The highest BCUT2D eigenvalue weighted by atomic mass is 16.4. The molecule has 1 aromatic rings. The van der Waals surface area contributed by atoms with Gasteiger partial charge in [0.15, 0.2) is 0 Å². The highest BCUT2D eigenvalue weighted by Gasteiger charge is 2.21. The molecule has 6 heteroatoms. The summed E-state index contributed by atoms with van der Waals surface area (Å²) in [5.41, 5.74) is 1.12. The van der Waals surface area contributed by atoms with Gasteiger partial charge in [-0.15, -0.1) is 0 Å². The van der Waals surface area contributed by atoms with E-state index in [1.54, 1.807) is 13.0 Å². The van der Waals surface area contributed by atoms with Crippen molar-refractivity contribution in [2.24, 2.45) is 0 Å². The van der Waals surface area contributed by atoms with Gasteiger partial charge in [0.2, 0.25) is 0 Å². The highest BCUT2D eigenvalue weighted by molar-refractivity contribution is 5.92. The van der Waals surface area contributed by atoms with Crippen LogP contribution in [0.3, 0.4) is 0 Å². The molecule has 94 valence electrons. The molecular weight excluding hydrogens is 222 g/mol. The molecule has 0 radical (unpaired) electrons. The molecule has 0 unspecified atom stereocenters. The zero-order chi connectivity index (χ0) is 13.0. The minimum absolute atomic E-state index is 0.0566. The number of hydrogen-bond acceptors (Lipinski definition) is 3. The van der Waals surface area contributed by atoms with E-state index in [0.29, 0.717) is 5.69 Å². The van der Waals surface area contributed by atoms with E-state index in [9.17, 15) is 9.59 Å². The predicted molar refractivity (Wildman–Crippen MR) is 61.8 cm³/mol. The number of rotatable bonds is 5. The van der Waals surface area contributed by atoms with E-state index in [1.807, 2.05) is 13.8 Å². The fraction of sp³-hybridized carbons (Fsp3) is 0.545. The molecule has 1 heterocycles. The number of carbonyl (C=O) groups is 2. The van der Waals surface area contributed by atoms with Crippen LogP contribution in [0.1, 0.15) is 36.5 Å². The summed E-state index contributed by atoms with van der Waals surface area (Å²) in [6.45, 7) is 5.69. The molecule has 0 aromatic carbocycles. The monoisotopic (exact) mass is 239 g/mol. The summed E-state index contributed by atoms with van der Waals surface area (Å²) in [6.07, 6.45) is -0.0622. The summed E-state index contributed by atoms with van der Waals surface area (Å²) in [4.78, 5) is 24.1. The first-order chi connectivity index (χ1) is 7.91. The van der Waals surface area contributed by atoms with Crippen LogP contribution in [0.15, 0.2) is 6.07 Å². The molecule has 17 heavy (non-hydrogen) atoms. The Morgan fingerprint density at radius 3 is 2.59 bits per heavy atom. The van der Waals surface area contributed by atoms with Crippen LogP contribution in [0.2, 0.25) is 0 Å². The van der Waals surface area contributed by atoms with Crippen LogP contribution in [0.4, 0.5) is 0 Å². The normalized spacial score (nSPS) is 10.6. The van der Waals surface area contributed by atoms with E-state index in [0.717, 1.165) is 5.69 Å². The minimum Gasteiger partial charge on any atom is -0.481 e. The lowest BCUT2D eigenvalue weighted by Crippen LogP contribution is -2.38. The van der Waals surface area contributed by atoms with Crippen LogP contribution < -0.4 is 0 Å². The first kappa shape index (κ1) is 13.2. The number of aromatic nitrogens is 2. The summed E-state index contributed by atoms with van der Waals surface area (Å²) in [5, 5.41) is 15.2. The number of nitrogens with zero attached hydrogens (tertiary/aromatic N) is 2. The molecule has 0 atom stereocenters. The number of aliphatic carboxylic acids is 1. The third-order valence-corrected chi connectivity index (χ3v) is 2.38. The molecule has 1 amide bonds. The van der Waals surface area contributed by atoms with Gasteiger partial charge in [0.1, 0.15) is 5.69 Å². The maximum Gasteiger partial charge on any atom is 0.305 e. The maximum absolute atomic E-state index is 12.1. The van der Waals surface area contributed by atoms with Crippen LogP contribution in [-0.2, 0) is 4.79 Å². The number of nitrogens with one attached hydrogen (secondary N) is 1. The molecule has 0 saturated carbocycles. The predicted octanol–water partition coefficient (Wildman–Crippen LogP) is 1.04. The van der Waals surface area contributed by atoms with Crippen molar-refractivity contribution in [1.82, 2.24) is 15.1 Å². The van der Waals surface area contributed by atoms with Gasteiger partial charge in [0.05, 0.1) is 6.42 Å². The lowest BCUT2D eigenvalue weighted by Gasteiger charge is -2.25. The van der Waals surface area contributed by atoms with Gasteiger partial charge in [0.25, 0.3) is 5.91 Å². The number of hydrogen-bond donors (Lipinski definition) is 2. The van der Waals surface area contributed by atoms with Crippen LogP contribution in [-0.4, -0.2) is 44.7 Å². The van der Waals surface area contributed by atoms with E-state index in [4.69, 9.17) is 5.11 Å². The molecule has 0 saturated heterocycles. The second-order valence-corrected chi connectivity index (χ2v) is 4.17. The Labute approximate surface area is 99.6 Å². The third-order valence-electron chi connectivity index (χ3n) is 2.38. The van der Waals surface area contributed by atoms with Crippen molar-refractivity contribution in [3.8, 4) is 0 Å². The van der Waals surface area contributed by atoms with Gasteiger partial charge in [0, 0.05) is 18.3 Å². The fourth-order valence-electron chi connectivity index (χ4n) is 1.49. The Morgan fingerprint density at radius 1 is 1.53 bits per heavy atom. The molecule has 1 aromatic heterocycles. The molecule has 0 spiro atoms.